The van der Waals surface area contributed by atoms with Gasteiger partial charge in [-0.15, -0.1) is 0 Å². The molecule has 1 saturated carbocycles. The van der Waals surface area contributed by atoms with Gasteiger partial charge in [0.05, 0.1) is 18.8 Å². The third kappa shape index (κ3) is 3.79. The lowest BCUT2D eigenvalue weighted by atomic mass is 9.74. The SMILES string of the molecule is N#CC1(C(=O)N2CCC(OCc3ccccc3)CC2)CCCCC1. The van der Waals surface area contributed by atoms with E-state index in [1.165, 1.54) is 5.56 Å². The Bertz CT molecular complexity index is 579. The van der Waals surface area contributed by atoms with Gasteiger partial charge < -0.3 is 9.64 Å². The second-order valence-electron chi connectivity index (χ2n) is 7.04. The van der Waals surface area contributed by atoms with Crippen LogP contribution in [0, 0.1) is 16.7 Å². The topological polar surface area (TPSA) is 53.3 Å². The normalized spacial score (nSPS) is 21.2. The highest BCUT2D eigenvalue weighted by Crippen LogP contribution is 2.38. The van der Waals surface area contributed by atoms with Crippen molar-refractivity contribution in [2.45, 2.75) is 57.7 Å². The zero-order valence-electron chi connectivity index (χ0n) is 14.2. The number of benzene rings is 1. The molecular weight excluding hydrogens is 300 g/mol. The number of carbonyl (C=O) groups excluding carboxylic acids is 1. The summed E-state index contributed by atoms with van der Waals surface area (Å²) in [5.74, 6) is 0.0613. The highest BCUT2D eigenvalue weighted by atomic mass is 16.5. The number of nitrogens with zero attached hydrogens (tertiary/aromatic N) is 2. The maximum atomic E-state index is 12.9. The smallest absolute Gasteiger partial charge is 0.243 e. The van der Waals surface area contributed by atoms with Gasteiger partial charge in [0.25, 0.3) is 0 Å². The van der Waals surface area contributed by atoms with Crippen molar-refractivity contribution < 1.29 is 9.53 Å². The van der Waals surface area contributed by atoms with Gasteiger partial charge >= 0.3 is 0 Å². The minimum atomic E-state index is -0.754. The number of nitriles is 1. The standard InChI is InChI=1S/C20H26N2O2/c21-16-20(11-5-2-6-12-20)19(23)22-13-9-18(10-14-22)24-15-17-7-3-1-4-8-17/h1,3-4,7-8,18H,2,5-6,9-15H2. The molecular formula is C20H26N2O2. The molecule has 4 nitrogen and oxygen atoms in total. The summed E-state index contributed by atoms with van der Waals surface area (Å²) < 4.78 is 5.99. The molecule has 4 heteroatoms. The van der Waals surface area contributed by atoms with Gasteiger partial charge in [-0.3, -0.25) is 4.79 Å². The maximum absolute atomic E-state index is 12.9. The fraction of sp³-hybridized carbons (Fsp3) is 0.600. The van der Waals surface area contributed by atoms with Gasteiger partial charge in [-0.1, -0.05) is 49.6 Å². The van der Waals surface area contributed by atoms with E-state index in [0.717, 1.165) is 44.9 Å². The van der Waals surface area contributed by atoms with Crippen LogP contribution in [0.4, 0.5) is 0 Å². The van der Waals surface area contributed by atoms with Gasteiger partial charge in [0, 0.05) is 13.1 Å². The lowest BCUT2D eigenvalue weighted by Crippen LogP contribution is -2.48. The zero-order valence-corrected chi connectivity index (χ0v) is 14.2. The molecule has 2 aliphatic rings. The van der Waals surface area contributed by atoms with Crippen molar-refractivity contribution >= 4 is 5.91 Å². The van der Waals surface area contributed by atoms with Crippen molar-refractivity contribution in [1.29, 1.82) is 5.26 Å². The van der Waals surface area contributed by atoms with E-state index in [4.69, 9.17) is 4.74 Å². The minimum absolute atomic E-state index is 0.0613. The van der Waals surface area contributed by atoms with Crippen molar-refractivity contribution in [2.75, 3.05) is 13.1 Å². The zero-order chi connectivity index (χ0) is 16.8. The summed E-state index contributed by atoms with van der Waals surface area (Å²) >= 11 is 0. The van der Waals surface area contributed by atoms with Gasteiger partial charge in [-0.2, -0.15) is 5.26 Å². The number of ether oxygens (including phenoxy) is 1. The first-order valence-corrected chi connectivity index (χ1v) is 9.10. The first-order valence-electron chi connectivity index (χ1n) is 9.10. The predicted octanol–water partition coefficient (Wildman–Crippen LogP) is 3.67. The summed E-state index contributed by atoms with van der Waals surface area (Å²) in [5.41, 5.74) is 0.428. The summed E-state index contributed by atoms with van der Waals surface area (Å²) in [4.78, 5) is 14.8. The Morgan fingerprint density at radius 2 is 1.83 bits per heavy atom. The molecule has 1 aliphatic heterocycles. The number of rotatable bonds is 4. The van der Waals surface area contributed by atoms with Crippen molar-refractivity contribution in [3.63, 3.8) is 0 Å². The van der Waals surface area contributed by atoms with E-state index in [9.17, 15) is 10.1 Å². The van der Waals surface area contributed by atoms with E-state index >= 15 is 0 Å². The van der Waals surface area contributed by atoms with Crippen LogP contribution < -0.4 is 0 Å². The molecule has 1 aromatic carbocycles. The number of carbonyl (C=O) groups is 1. The maximum Gasteiger partial charge on any atom is 0.243 e. The lowest BCUT2D eigenvalue weighted by molar-refractivity contribution is -0.143. The van der Waals surface area contributed by atoms with Crippen molar-refractivity contribution in [3.05, 3.63) is 35.9 Å². The molecule has 1 aliphatic carbocycles. The average Bonchev–Trinajstić information content (AvgIpc) is 2.67. The molecule has 128 valence electrons. The van der Waals surface area contributed by atoms with E-state index in [2.05, 4.69) is 18.2 Å². The molecule has 0 spiro atoms. The van der Waals surface area contributed by atoms with Crippen LogP contribution in [0.5, 0.6) is 0 Å². The van der Waals surface area contributed by atoms with Gasteiger partial charge in [0.1, 0.15) is 5.41 Å². The third-order valence-electron chi connectivity index (χ3n) is 5.39. The lowest BCUT2D eigenvalue weighted by Gasteiger charge is -2.38. The van der Waals surface area contributed by atoms with Crippen LogP contribution in [0.2, 0.25) is 0 Å². The molecule has 0 N–H and O–H groups in total. The fourth-order valence-electron chi connectivity index (χ4n) is 3.85. The highest BCUT2D eigenvalue weighted by Gasteiger charge is 2.43. The molecule has 3 rings (SSSR count). The summed E-state index contributed by atoms with van der Waals surface area (Å²) in [6.45, 7) is 2.05. The van der Waals surface area contributed by atoms with Crippen LogP contribution in [0.15, 0.2) is 30.3 Å². The Morgan fingerprint density at radius 1 is 1.17 bits per heavy atom. The Labute approximate surface area is 144 Å². The minimum Gasteiger partial charge on any atom is -0.373 e. The number of hydrogen-bond donors (Lipinski definition) is 0. The van der Waals surface area contributed by atoms with Crippen LogP contribution >= 0.6 is 0 Å². The summed E-state index contributed by atoms with van der Waals surface area (Å²) in [5, 5.41) is 9.58. The van der Waals surface area contributed by atoms with E-state index in [0.29, 0.717) is 19.7 Å². The second-order valence-corrected chi connectivity index (χ2v) is 7.04. The molecule has 1 saturated heterocycles. The van der Waals surface area contributed by atoms with Gasteiger partial charge in [0.2, 0.25) is 5.91 Å². The van der Waals surface area contributed by atoms with Crippen LogP contribution in [0.3, 0.4) is 0 Å². The first-order chi connectivity index (χ1) is 11.7. The van der Waals surface area contributed by atoms with Crippen LogP contribution in [-0.4, -0.2) is 30.0 Å². The molecule has 1 heterocycles. The Hall–Kier alpha value is -1.86. The summed E-state index contributed by atoms with van der Waals surface area (Å²) in [6, 6.07) is 12.5. The molecule has 1 aromatic rings. The molecule has 0 aromatic heterocycles. The Morgan fingerprint density at radius 3 is 2.46 bits per heavy atom. The van der Waals surface area contributed by atoms with Crippen molar-refractivity contribution in [2.24, 2.45) is 5.41 Å². The first kappa shape index (κ1) is 17.0. The third-order valence-corrected chi connectivity index (χ3v) is 5.39. The number of amides is 1. The molecule has 24 heavy (non-hydrogen) atoms. The average molecular weight is 326 g/mol. The second kappa shape index (κ2) is 7.81. The predicted molar refractivity (Wildman–Crippen MR) is 92.0 cm³/mol. The van der Waals surface area contributed by atoms with Crippen LogP contribution in [0.1, 0.15) is 50.5 Å². The van der Waals surface area contributed by atoms with Crippen LogP contribution in [0.25, 0.3) is 0 Å². The van der Waals surface area contributed by atoms with Gasteiger partial charge in [-0.05, 0) is 31.2 Å². The quantitative estimate of drug-likeness (QED) is 0.848. The molecule has 0 atom stereocenters. The molecule has 0 bridgehead atoms. The van der Waals surface area contributed by atoms with Crippen LogP contribution in [-0.2, 0) is 16.1 Å². The van der Waals surface area contributed by atoms with E-state index in [1.54, 1.807) is 0 Å². The van der Waals surface area contributed by atoms with Gasteiger partial charge in [0.15, 0.2) is 0 Å². The molecule has 2 fully saturated rings. The summed E-state index contributed by atoms with van der Waals surface area (Å²) in [6.07, 6.45) is 6.52. The largest absolute Gasteiger partial charge is 0.373 e. The number of likely N-dealkylation sites (tertiary alicyclic amines) is 1. The van der Waals surface area contributed by atoms with E-state index in [1.807, 2.05) is 23.1 Å². The fourth-order valence-corrected chi connectivity index (χ4v) is 3.85. The summed E-state index contributed by atoms with van der Waals surface area (Å²) in [7, 11) is 0. The molecule has 0 radical (unpaired) electrons. The Balaban J connectivity index is 1.49. The molecule has 0 unspecified atom stereocenters. The van der Waals surface area contributed by atoms with Crippen molar-refractivity contribution in [3.8, 4) is 6.07 Å². The highest BCUT2D eigenvalue weighted by molar-refractivity contribution is 5.85. The Kier molecular flexibility index (Phi) is 5.52. The number of hydrogen-bond acceptors (Lipinski definition) is 3. The van der Waals surface area contributed by atoms with Gasteiger partial charge in [-0.25, -0.2) is 0 Å². The van der Waals surface area contributed by atoms with E-state index < -0.39 is 5.41 Å². The molecule has 1 amide bonds. The van der Waals surface area contributed by atoms with Crippen molar-refractivity contribution in [1.82, 2.24) is 4.90 Å². The van der Waals surface area contributed by atoms with E-state index in [-0.39, 0.29) is 12.0 Å². The number of piperidine rings is 1. The monoisotopic (exact) mass is 326 g/mol.